The molecule has 0 unspecified atom stereocenters. The first-order chi connectivity index (χ1) is 12.5. The lowest BCUT2D eigenvalue weighted by Gasteiger charge is -2.22. The summed E-state index contributed by atoms with van der Waals surface area (Å²) in [7, 11) is 0. The number of hydrogen-bond acceptors (Lipinski definition) is 6. The van der Waals surface area contributed by atoms with Crippen molar-refractivity contribution in [2.75, 3.05) is 19.7 Å². The molecule has 0 aromatic rings. The summed E-state index contributed by atoms with van der Waals surface area (Å²) in [5.74, 6) is -1.31. The number of esters is 1. The van der Waals surface area contributed by atoms with Crippen LogP contribution in [-0.4, -0.2) is 55.2 Å². The van der Waals surface area contributed by atoms with Gasteiger partial charge in [0.25, 0.3) is 0 Å². The Morgan fingerprint density at radius 3 is 2.19 bits per heavy atom. The molecule has 0 fully saturated rings. The average Bonchev–Trinajstić information content (AvgIpc) is 2.53. The summed E-state index contributed by atoms with van der Waals surface area (Å²) >= 11 is 0. The summed E-state index contributed by atoms with van der Waals surface area (Å²) in [6, 6.07) is -0.750. The Bertz CT molecular complexity index is 514. The van der Waals surface area contributed by atoms with Gasteiger partial charge in [0.05, 0.1) is 6.61 Å². The highest BCUT2D eigenvalue weighted by molar-refractivity contribution is 5.89. The van der Waals surface area contributed by atoms with Crippen LogP contribution in [0.15, 0.2) is 0 Å². The molecule has 9 heteroatoms. The summed E-state index contributed by atoms with van der Waals surface area (Å²) in [4.78, 5) is 47.1. The lowest BCUT2D eigenvalue weighted by molar-refractivity contribution is -0.143. The van der Waals surface area contributed by atoms with Gasteiger partial charge in [-0.15, -0.1) is 0 Å². The predicted molar refractivity (Wildman–Crippen MR) is 99.9 cm³/mol. The van der Waals surface area contributed by atoms with Crippen LogP contribution in [0.2, 0.25) is 0 Å². The number of ether oxygens (including phenoxy) is 2. The molecule has 0 saturated carbocycles. The third-order valence-corrected chi connectivity index (χ3v) is 3.22. The first kappa shape index (κ1) is 24.7. The number of hydrogen-bond donors (Lipinski definition) is 3. The largest absolute Gasteiger partial charge is 0.466 e. The molecular formula is C18H33N3O6. The van der Waals surface area contributed by atoms with Gasteiger partial charge < -0.3 is 25.4 Å². The van der Waals surface area contributed by atoms with Crippen LogP contribution in [0.3, 0.4) is 0 Å². The van der Waals surface area contributed by atoms with Gasteiger partial charge in [0.1, 0.15) is 18.2 Å². The maximum atomic E-state index is 12.3. The molecular weight excluding hydrogens is 354 g/mol. The zero-order chi connectivity index (χ0) is 21.0. The average molecular weight is 387 g/mol. The van der Waals surface area contributed by atoms with Crippen LogP contribution in [0, 0.1) is 5.92 Å². The number of rotatable bonds is 10. The van der Waals surface area contributed by atoms with E-state index in [4.69, 9.17) is 9.47 Å². The highest BCUT2D eigenvalue weighted by Gasteiger charge is 2.24. The van der Waals surface area contributed by atoms with Crippen LogP contribution in [0.25, 0.3) is 0 Å². The van der Waals surface area contributed by atoms with E-state index in [0.29, 0.717) is 19.6 Å². The van der Waals surface area contributed by atoms with Gasteiger partial charge in [0.15, 0.2) is 0 Å². The van der Waals surface area contributed by atoms with Crippen LogP contribution in [0.5, 0.6) is 0 Å². The molecule has 9 nitrogen and oxygen atoms in total. The molecule has 0 heterocycles. The Morgan fingerprint density at radius 2 is 1.67 bits per heavy atom. The Labute approximate surface area is 160 Å². The van der Waals surface area contributed by atoms with Gasteiger partial charge >= 0.3 is 12.1 Å². The van der Waals surface area contributed by atoms with Gasteiger partial charge in [-0.05, 0) is 40.0 Å². The van der Waals surface area contributed by atoms with E-state index in [0.717, 1.165) is 0 Å². The van der Waals surface area contributed by atoms with Crippen molar-refractivity contribution in [3.05, 3.63) is 0 Å². The fraction of sp³-hybridized carbons (Fsp3) is 0.778. The zero-order valence-corrected chi connectivity index (χ0v) is 17.1. The predicted octanol–water partition coefficient (Wildman–Crippen LogP) is 1.11. The van der Waals surface area contributed by atoms with E-state index >= 15 is 0 Å². The number of amides is 3. The van der Waals surface area contributed by atoms with Gasteiger partial charge in [-0.2, -0.15) is 0 Å². The second kappa shape index (κ2) is 12.1. The highest BCUT2D eigenvalue weighted by Crippen LogP contribution is 2.06. The van der Waals surface area contributed by atoms with Crippen molar-refractivity contribution in [3.8, 4) is 0 Å². The molecule has 1 atom stereocenters. The highest BCUT2D eigenvalue weighted by atomic mass is 16.6. The fourth-order valence-electron chi connectivity index (χ4n) is 2.01. The Balaban J connectivity index is 4.34. The second-order valence-corrected chi connectivity index (χ2v) is 7.34. The van der Waals surface area contributed by atoms with Gasteiger partial charge in [-0.1, -0.05) is 13.8 Å². The number of carbonyl (C=O) groups is 4. The van der Waals surface area contributed by atoms with E-state index in [-0.39, 0.29) is 30.8 Å². The molecule has 27 heavy (non-hydrogen) atoms. The van der Waals surface area contributed by atoms with Crippen molar-refractivity contribution < 1.29 is 28.7 Å². The summed E-state index contributed by atoms with van der Waals surface area (Å²) < 4.78 is 9.85. The van der Waals surface area contributed by atoms with Crippen LogP contribution < -0.4 is 16.0 Å². The second-order valence-electron chi connectivity index (χ2n) is 7.34. The summed E-state index contributed by atoms with van der Waals surface area (Å²) in [6.07, 6.45) is -0.0435. The molecule has 0 bridgehead atoms. The van der Waals surface area contributed by atoms with E-state index in [2.05, 4.69) is 16.0 Å². The van der Waals surface area contributed by atoms with Crippen molar-refractivity contribution in [1.29, 1.82) is 0 Å². The molecule has 0 radical (unpaired) electrons. The quantitative estimate of drug-likeness (QED) is 0.381. The number of carbonyl (C=O) groups excluding carboxylic acids is 4. The first-order valence-corrected chi connectivity index (χ1v) is 9.15. The lowest BCUT2D eigenvalue weighted by Crippen LogP contribution is -2.52. The monoisotopic (exact) mass is 387 g/mol. The van der Waals surface area contributed by atoms with E-state index in [1.54, 1.807) is 41.5 Å². The van der Waals surface area contributed by atoms with E-state index in [1.165, 1.54) is 0 Å². The van der Waals surface area contributed by atoms with Crippen molar-refractivity contribution in [1.82, 2.24) is 16.0 Å². The summed E-state index contributed by atoms with van der Waals surface area (Å²) in [5.41, 5.74) is -0.662. The van der Waals surface area contributed by atoms with E-state index < -0.39 is 23.6 Å². The van der Waals surface area contributed by atoms with Crippen molar-refractivity contribution >= 4 is 23.9 Å². The Kier molecular flexibility index (Phi) is 11.1. The van der Waals surface area contributed by atoms with Gasteiger partial charge in [0.2, 0.25) is 11.8 Å². The zero-order valence-electron chi connectivity index (χ0n) is 17.1. The third-order valence-electron chi connectivity index (χ3n) is 3.22. The van der Waals surface area contributed by atoms with Crippen molar-refractivity contribution in [3.63, 3.8) is 0 Å². The van der Waals surface area contributed by atoms with E-state index in [1.807, 2.05) is 0 Å². The van der Waals surface area contributed by atoms with Crippen molar-refractivity contribution in [2.45, 2.75) is 66.0 Å². The minimum Gasteiger partial charge on any atom is -0.466 e. The molecule has 0 aliphatic heterocycles. The minimum absolute atomic E-state index is 0.152. The molecule has 0 aromatic heterocycles. The summed E-state index contributed by atoms with van der Waals surface area (Å²) in [6.45, 7) is 10.8. The smallest absolute Gasteiger partial charge is 0.408 e. The maximum absolute atomic E-state index is 12.3. The molecule has 3 amide bonds. The molecule has 0 aliphatic rings. The minimum atomic E-state index is -0.750. The van der Waals surface area contributed by atoms with Gasteiger partial charge in [-0.3, -0.25) is 14.4 Å². The molecule has 3 N–H and O–H groups in total. The summed E-state index contributed by atoms with van der Waals surface area (Å²) in [5, 5.41) is 7.62. The maximum Gasteiger partial charge on any atom is 0.408 e. The normalized spacial score (nSPS) is 12.1. The molecule has 0 aromatic carbocycles. The van der Waals surface area contributed by atoms with Crippen LogP contribution in [0.4, 0.5) is 4.79 Å². The Hall–Kier alpha value is -2.32. The Morgan fingerprint density at radius 1 is 1.04 bits per heavy atom. The standard InChI is InChI=1S/C18H33N3O6/c1-7-26-14(23)9-8-10-19-16(24)15(12(2)3)21-13(22)11-20-17(25)27-18(4,5)6/h12,15H,7-11H2,1-6H3,(H,19,24)(H,20,25)(H,21,22)/t15-/m0/s1. The molecule has 0 spiro atoms. The number of nitrogens with one attached hydrogen (secondary N) is 3. The topological polar surface area (TPSA) is 123 Å². The molecule has 156 valence electrons. The van der Waals surface area contributed by atoms with Crippen LogP contribution >= 0.6 is 0 Å². The SMILES string of the molecule is CCOC(=O)CCCNC(=O)[C@@H](NC(=O)CNC(=O)OC(C)(C)C)C(C)C. The number of alkyl carbamates (subject to hydrolysis) is 1. The van der Waals surface area contributed by atoms with Gasteiger partial charge in [0, 0.05) is 13.0 Å². The van der Waals surface area contributed by atoms with Crippen LogP contribution in [-0.2, 0) is 23.9 Å². The van der Waals surface area contributed by atoms with E-state index in [9.17, 15) is 19.2 Å². The third kappa shape index (κ3) is 12.6. The van der Waals surface area contributed by atoms with Crippen molar-refractivity contribution in [2.24, 2.45) is 5.92 Å². The molecule has 0 aliphatic carbocycles. The first-order valence-electron chi connectivity index (χ1n) is 9.15. The van der Waals surface area contributed by atoms with Gasteiger partial charge in [-0.25, -0.2) is 4.79 Å². The lowest BCUT2D eigenvalue weighted by atomic mass is 10.0. The van der Waals surface area contributed by atoms with Crippen LogP contribution in [0.1, 0.15) is 54.4 Å². The fourth-order valence-corrected chi connectivity index (χ4v) is 2.01. The molecule has 0 saturated heterocycles. The molecule has 0 rings (SSSR count).